The van der Waals surface area contributed by atoms with Crippen LogP contribution in [0.5, 0.6) is 0 Å². The Hall–Kier alpha value is -2.52. The Balaban J connectivity index is 1.55. The summed E-state index contributed by atoms with van der Waals surface area (Å²) in [6, 6.07) is 7.98. The van der Waals surface area contributed by atoms with Gasteiger partial charge in [-0.1, -0.05) is 18.2 Å². The Morgan fingerprint density at radius 1 is 1.36 bits per heavy atom. The SMILES string of the molecule is Cc1csc([C@H](C#N)C(=O)COC(=O)Cc2ccc3c(c2)CCC3)n1. The molecule has 25 heavy (non-hydrogen) atoms. The van der Waals surface area contributed by atoms with E-state index in [1.807, 2.05) is 18.2 Å². The number of esters is 1. The van der Waals surface area contributed by atoms with E-state index in [4.69, 9.17) is 4.74 Å². The van der Waals surface area contributed by atoms with Crippen LogP contribution in [0.1, 0.15) is 39.7 Å². The molecule has 0 radical (unpaired) electrons. The van der Waals surface area contributed by atoms with Crippen molar-refractivity contribution in [2.45, 2.75) is 38.5 Å². The van der Waals surface area contributed by atoms with Crippen LogP contribution in [0.15, 0.2) is 23.6 Å². The van der Waals surface area contributed by atoms with E-state index in [1.165, 1.54) is 22.5 Å². The van der Waals surface area contributed by atoms with Gasteiger partial charge in [0.1, 0.15) is 5.01 Å². The number of ether oxygens (including phenoxy) is 1. The number of aryl methyl sites for hydroxylation is 3. The third-order valence-corrected chi connectivity index (χ3v) is 5.25. The first-order chi connectivity index (χ1) is 12.1. The minimum Gasteiger partial charge on any atom is -0.457 e. The molecular weight excluding hydrogens is 336 g/mol. The van der Waals surface area contributed by atoms with Crippen LogP contribution in [-0.4, -0.2) is 23.3 Å². The Kier molecular flexibility index (Phi) is 5.25. The van der Waals surface area contributed by atoms with Gasteiger partial charge in [-0.25, -0.2) is 4.98 Å². The number of carbonyl (C=O) groups is 2. The number of aromatic nitrogens is 1. The van der Waals surface area contributed by atoms with E-state index in [2.05, 4.69) is 11.1 Å². The van der Waals surface area contributed by atoms with Gasteiger partial charge < -0.3 is 4.74 Å². The quantitative estimate of drug-likeness (QED) is 0.745. The number of Topliss-reactive ketones (excluding diaryl/α,β-unsaturated/α-hetero) is 1. The summed E-state index contributed by atoms with van der Waals surface area (Å²) in [7, 11) is 0. The molecule has 1 aliphatic carbocycles. The van der Waals surface area contributed by atoms with Gasteiger partial charge in [-0.3, -0.25) is 9.59 Å². The molecular formula is C19H18N2O3S. The molecule has 1 aromatic carbocycles. The van der Waals surface area contributed by atoms with Crippen molar-refractivity contribution >= 4 is 23.1 Å². The van der Waals surface area contributed by atoms with Crippen LogP contribution in [0, 0.1) is 18.3 Å². The van der Waals surface area contributed by atoms with Gasteiger partial charge in [0, 0.05) is 11.1 Å². The number of hydrogen-bond acceptors (Lipinski definition) is 6. The maximum atomic E-state index is 12.2. The van der Waals surface area contributed by atoms with Gasteiger partial charge in [0.15, 0.2) is 18.3 Å². The van der Waals surface area contributed by atoms with Crippen LogP contribution < -0.4 is 0 Å². The van der Waals surface area contributed by atoms with Crippen molar-refractivity contribution in [2.24, 2.45) is 0 Å². The second-order valence-electron chi connectivity index (χ2n) is 6.15. The van der Waals surface area contributed by atoms with Crippen molar-refractivity contribution in [1.82, 2.24) is 4.98 Å². The summed E-state index contributed by atoms with van der Waals surface area (Å²) >= 11 is 1.26. The van der Waals surface area contributed by atoms with Gasteiger partial charge in [0.2, 0.25) is 0 Å². The number of ketones is 1. The molecule has 3 rings (SSSR count). The average Bonchev–Trinajstić information content (AvgIpc) is 3.22. The minimum atomic E-state index is -0.980. The van der Waals surface area contributed by atoms with Crippen molar-refractivity contribution in [1.29, 1.82) is 5.26 Å². The normalized spacial score (nSPS) is 13.8. The minimum absolute atomic E-state index is 0.133. The Labute approximate surface area is 150 Å². The van der Waals surface area contributed by atoms with Crippen molar-refractivity contribution in [3.63, 3.8) is 0 Å². The lowest BCUT2D eigenvalue weighted by molar-refractivity contribution is -0.147. The van der Waals surface area contributed by atoms with E-state index in [0.717, 1.165) is 30.5 Å². The Morgan fingerprint density at radius 2 is 2.16 bits per heavy atom. The zero-order valence-electron chi connectivity index (χ0n) is 13.9. The van der Waals surface area contributed by atoms with E-state index >= 15 is 0 Å². The fourth-order valence-electron chi connectivity index (χ4n) is 2.96. The molecule has 1 atom stereocenters. The van der Waals surface area contributed by atoms with Crippen LogP contribution in [0.4, 0.5) is 0 Å². The molecule has 128 valence electrons. The summed E-state index contributed by atoms with van der Waals surface area (Å²) in [5.41, 5.74) is 4.31. The lowest BCUT2D eigenvalue weighted by atomic mass is 10.0. The fraction of sp³-hybridized carbons (Fsp3) is 0.368. The Bertz CT molecular complexity index is 851. The molecule has 0 amide bonds. The van der Waals surface area contributed by atoms with Gasteiger partial charge in [-0.05, 0) is 42.9 Å². The monoisotopic (exact) mass is 354 g/mol. The molecule has 0 saturated heterocycles. The van der Waals surface area contributed by atoms with Gasteiger partial charge >= 0.3 is 5.97 Å². The molecule has 1 aromatic heterocycles. The van der Waals surface area contributed by atoms with E-state index < -0.39 is 24.3 Å². The molecule has 1 aliphatic rings. The molecule has 0 spiro atoms. The molecule has 5 nitrogen and oxygen atoms in total. The van der Waals surface area contributed by atoms with Crippen molar-refractivity contribution in [3.05, 3.63) is 51.0 Å². The van der Waals surface area contributed by atoms with Crippen molar-refractivity contribution in [2.75, 3.05) is 6.61 Å². The zero-order valence-corrected chi connectivity index (χ0v) is 14.8. The fourth-order valence-corrected chi connectivity index (χ4v) is 3.82. The Morgan fingerprint density at radius 3 is 2.88 bits per heavy atom. The number of hydrogen-bond donors (Lipinski definition) is 0. The average molecular weight is 354 g/mol. The predicted molar refractivity (Wildman–Crippen MR) is 93.3 cm³/mol. The van der Waals surface area contributed by atoms with E-state index in [-0.39, 0.29) is 6.42 Å². The van der Waals surface area contributed by atoms with Crippen LogP contribution in [0.3, 0.4) is 0 Å². The molecule has 0 bridgehead atoms. The summed E-state index contributed by atoms with van der Waals surface area (Å²) in [6.07, 6.45) is 3.44. The summed E-state index contributed by atoms with van der Waals surface area (Å²) in [4.78, 5) is 28.3. The molecule has 0 fully saturated rings. The first-order valence-corrected chi connectivity index (χ1v) is 9.05. The van der Waals surface area contributed by atoms with Crippen molar-refractivity contribution in [3.8, 4) is 6.07 Å². The number of thiazole rings is 1. The first kappa shape index (κ1) is 17.3. The molecule has 1 heterocycles. The molecule has 0 saturated carbocycles. The number of benzene rings is 1. The molecule has 0 aliphatic heterocycles. The number of rotatable bonds is 6. The lowest BCUT2D eigenvalue weighted by Crippen LogP contribution is -2.20. The number of carbonyl (C=O) groups excluding carboxylic acids is 2. The van der Waals surface area contributed by atoms with Crippen LogP contribution in [0.2, 0.25) is 0 Å². The number of nitriles is 1. The lowest BCUT2D eigenvalue weighted by Gasteiger charge is -2.08. The topological polar surface area (TPSA) is 80.0 Å². The van der Waals surface area contributed by atoms with Crippen LogP contribution >= 0.6 is 11.3 Å². The highest BCUT2D eigenvalue weighted by atomic mass is 32.1. The third kappa shape index (κ3) is 4.12. The molecule has 2 aromatic rings. The molecule has 0 unspecified atom stereocenters. The van der Waals surface area contributed by atoms with Gasteiger partial charge in [-0.15, -0.1) is 11.3 Å². The number of nitrogens with zero attached hydrogens (tertiary/aromatic N) is 2. The highest BCUT2D eigenvalue weighted by Crippen LogP contribution is 2.23. The second-order valence-corrected chi connectivity index (χ2v) is 7.04. The summed E-state index contributed by atoms with van der Waals surface area (Å²) in [5.74, 6) is -1.89. The molecule has 6 heteroatoms. The smallest absolute Gasteiger partial charge is 0.310 e. The largest absolute Gasteiger partial charge is 0.457 e. The summed E-state index contributed by atoms with van der Waals surface area (Å²) in [6.45, 7) is 1.40. The highest BCUT2D eigenvalue weighted by Gasteiger charge is 2.24. The van der Waals surface area contributed by atoms with Gasteiger partial charge in [0.25, 0.3) is 0 Å². The molecule has 0 N–H and O–H groups in total. The first-order valence-electron chi connectivity index (χ1n) is 8.17. The predicted octanol–water partition coefficient (Wildman–Crippen LogP) is 2.90. The van der Waals surface area contributed by atoms with Gasteiger partial charge in [0.05, 0.1) is 12.5 Å². The van der Waals surface area contributed by atoms with E-state index in [0.29, 0.717) is 5.01 Å². The second kappa shape index (κ2) is 7.58. The standard InChI is InChI=1S/C19H18N2O3S/c1-12-11-25-19(21-12)16(9-20)17(22)10-24-18(23)8-13-5-6-14-3-2-4-15(14)7-13/h5-7,11,16H,2-4,8,10H2,1H3/t16-/m1/s1. The maximum absolute atomic E-state index is 12.2. The van der Waals surface area contributed by atoms with Crippen LogP contribution in [0.25, 0.3) is 0 Å². The summed E-state index contributed by atoms with van der Waals surface area (Å²) in [5, 5.41) is 11.4. The van der Waals surface area contributed by atoms with Crippen molar-refractivity contribution < 1.29 is 14.3 Å². The maximum Gasteiger partial charge on any atom is 0.310 e. The third-order valence-electron chi connectivity index (χ3n) is 4.22. The zero-order chi connectivity index (χ0) is 17.8. The summed E-state index contributed by atoms with van der Waals surface area (Å²) < 4.78 is 5.08. The van der Waals surface area contributed by atoms with Gasteiger partial charge in [-0.2, -0.15) is 5.26 Å². The van der Waals surface area contributed by atoms with E-state index in [1.54, 1.807) is 12.3 Å². The van der Waals surface area contributed by atoms with Crippen LogP contribution in [-0.2, 0) is 33.6 Å². The highest BCUT2D eigenvalue weighted by molar-refractivity contribution is 7.09. The van der Waals surface area contributed by atoms with E-state index in [9.17, 15) is 14.9 Å². The number of fused-ring (bicyclic) bond motifs is 1.